The van der Waals surface area contributed by atoms with Gasteiger partial charge in [-0.3, -0.25) is 4.72 Å². The Hall–Kier alpha value is -1.45. The van der Waals surface area contributed by atoms with E-state index in [9.17, 15) is 8.42 Å². The molecule has 0 amide bonds. The molecule has 0 aliphatic heterocycles. The molecule has 1 heterocycles. The highest BCUT2D eigenvalue weighted by atomic mass is 79.9. The number of nitrogens with zero attached hydrogens (tertiary/aromatic N) is 2. The summed E-state index contributed by atoms with van der Waals surface area (Å²) < 4.78 is 29.2. The molecule has 9 heteroatoms. The second kappa shape index (κ2) is 5.74. The Labute approximate surface area is 136 Å². The van der Waals surface area contributed by atoms with Crippen LogP contribution >= 0.6 is 28.1 Å². The molecule has 0 radical (unpaired) electrons. The Bertz CT molecular complexity index is 795. The van der Waals surface area contributed by atoms with Crippen molar-refractivity contribution in [2.24, 2.45) is 12.8 Å². The molecule has 0 saturated heterocycles. The Morgan fingerprint density at radius 1 is 1.48 bits per heavy atom. The van der Waals surface area contributed by atoms with Crippen LogP contribution in [0.5, 0.6) is 0 Å². The van der Waals surface area contributed by atoms with Crippen molar-refractivity contribution in [3.8, 4) is 0 Å². The number of aromatic nitrogens is 2. The first-order chi connectivity index (χ1) is 9.70. The van der Waals surface area contributed by atoms with E-state index in [1.165, 1.54) is 6.20 Å². The van der Waals surface area contributed by atoms with Crippen molar-refractivity contribution in [2.45, 2.75) is 11.9 Å². The Balaban J connectivity index is 2.35. The maximum atomic E-state index is 12.3. The summed E-state index contributed by atoms with van der Waals surface area (Å²) in [4.78, 5) is 4.25. The van der Waals surface area contributed by atoms with Crippen LogP contribution in [0.15, 0.2) is 33.9 Å². The Morgan fingerprint density at radius 3 is 2.62 bits per heavy atom. The summed E-state index contributed by atoms with van der Waals surface area (Å²) in [5.41, 5.74) is 6.56. The first kappa shape index (κ1) is 15.9. The minimum absolute atomic E-state index is 0.0344. The largest absolute Gasteiger partial charge is 0.389 e. The van der Waals surface area contributed by atoms with E-state index in [0.29, 0.717) is 21.5 Å². The van der Waals surface area contributed by atoms with Crippen LogP contribution in [0.25, 0.3) is 0 Å². The van der Waals surface area contributed by atoms with Crippen LogP contribution < -0.4 is 10.5 Å². The van der Waals surface area contributed by atoms with Gasteiger partial charge in [-0.05, 0) is 41.1 Å². The van der Waals surface area contributed by atoms with Crippen LogP contribution in [-0.2, 0) is 17.1 Å². The predicted molar refractivity (Wildman–Crippen MR) is 88.8 cm³/mol. The molecule has 0 unspecified atom stereocenters. The minimum Gasteiger partial charge on any atom is -0.389 e. The lowest BCUT2D eigenvalue weighted by Gasteiger charge is -2.09. The third kappa shape index (κ3) is 3.42. The van der Waals surface area contributed by atoms with Crippen LogP contribution in [0.3, 0.4) is 0 Å². The predicted octanol–water partition coefficient (Wildman–Crippen LogP) is 1.93. The van der Waals surface area contributed by atoms with Crippen molar-refractivity contribution in [1.82, 2.24) is 9.55 Å². The second-order valence-corrected chi connectivity index (χ2v) is 7.33. The smallest absolute Gasteiger partial charge is 0.280 e. The maximum Gasteiger partial charge on any atom is 0.280 e. The van der Waals surface area contributed by atoms with E-state index in [0.717, 1.165) is 0 Å². The molecule has 0 atom stereocenters. The van der Waals surface area contributed by atoms with Gasteiger partial charge in [0.15, 0.2) is 5.03 Å². The van der Waals surface area contributed by atoms with Gasteiger partial charge >= 0.3 is 0 Å². The number of halogens is 1. The summed E-state index contributed by atoms with van der Waals surface area (Å²) in [6.07, 6.45) is 1.45. The van der Waals surface area contributed by atoms with Crippen LogP contribution in [0.1, 0.15) is 11.4 Å². The number of sulfonamides is 1. The number of thiocarbonyl (C=S) groups is 1. The highest BCUT2D eigenvalue weighted by Crippen LogP contribution is 2.26. The van der Waals surface area contributed by atoms with E-state index in [1.54, 1.807) is 36.7 Å². The number of nitrogens with two attached hydrogens (primary N) is 1. The average molecular weight is 389 g/mol. The number of hydrogen-bond acceptors (Lipinski definition) is 4. The van der Waals surface area contributed by atoms with E-state index in [2.05, 4.69) is 25.6 Å². The number of anilines is 1. The molecule has 6 nitrogen and oxygen atoms in total. The molecule has 2 aromatic rings. The molecule has 0 saturated carbocycles. The summed E-state index contributed by atoms with van der Waals surface area (Å²) in [5, 5.41) is -0.0344. The van der Waals surface area contributed by atoms with Gasteiger partial charge in [0.05, 0.1) is 5.69 Å². The van der Waals surface area contributed by atoms with Crippen molar-refractivity contribution in [3.05, 3.63) is 40.3 Å². The molecule has 0 aliphatic carbocycles. The molecular formula is C12H13BrN4O2S2. The molecule has 0 spiro atoms. The van der Waals surface area contributed by atoms with Crippen molar-refractivity contribution in [3.63, 3.8) is 0 Å². The molecule has 2 rings (SSSR count). The van der Waals surface area contributed by atoms with E-state index in [-0.39, 0.29) is 10.0 Å². The first-order valence-corrected chi connectivity index (χ1v) is 8.51. The average Bonchev–Trinajstić information content (AvgIpc) is 2.72. The lowest BCUT2D eigenvalue weighted by atomic mass is 10.2. The number of benzene rings is 1. The van der Waals surface area contributed by atoms with Gasteiger partial charge in [-0.2, -0.15) is 8.42 Å². The maximum absolute atomic E-state index is 12.3. The highest BCUT2D eigenvalue weighted by Gasteiger charge is 2.19. The van der Waals surface area contributed by atoms with E-state index in [4.69, 9.17) is 18.0 Å². The van der Waals surface area contributed by atoms with Gasteiger partial charge in [0, 0.05) is 23.3 Å². The van der Waals surface area contributed by atoms with Crippen molar-refractivity contribution in [1.29, 1.82) is 0 Å². The zero-order chi connectivity index (χ0) is 15.8. The Kier molecular flexibility index (Phi) is 4.35. The first-order valence-electron chi connectivity index (χ1n) is 5.83. The number of hydrogen-bond donors (Lipinski definition) is 2. The summed E-state index contributed by atoms with van der Waals surface area (Å²) in [7, 11) is -2.02. The fourth-order valence-corrected chi connectivity index (χ4v) is 3.46. The minimum atomic E-state index is -3.75. The molecule has 1 aromatic carbocycles. The van der Waals surface area contributed by atoms with Gasteiger partial charge in [-0.15, -0.1) is 0 Å². The third-order valence-corrected chi connectivity index (χ3v) is 4.99. The summed E-state index contributed by atoms with van der Waals surface area (Å²) in [6, 6.07) is 4.89. The molecule has 0 bridgehead atoms. The normalized spacial score (nSPS) is 11.4. The molecule has 1 aromatic heterocycles. The van der Waals surface area contributed by atoms with Crippen LogP contribution in [-0.4, -0.2) is 23.0 Å². The van der Waals surface area contributed by atoms with Crippen LogP contribution in [0.2, 0.25) is 0 Å². The highest BCUT2D eigenvalue weighted by molar-refractivity contribution is 9.10. The zero-order valence-corrected chi connectivity index (χ0v) is 14.5. The summed E-state index contributed by atoms with van der Waals surface area (Å²) in [5.74, 6) is 0.610. The Morgan fingerprint density at radius 2 is 2.14 bits per heavy atom. The number of aryl methyl sites for hydroxylation is 2. The number of rotatable bonds is 4. The number of nitrogens with one attached hydrogen (secondary N) is 1. The van der Waals surface area contributed by atoms with Crippen LogP contribution in [0.4, 0.5) is 5.69 Å². The fourth-order valence-electron chi connectivity index (χ4n) is 1.60. The van der Waals surface area contributed by atoms with Gasteiger partial charge in [0.25, 0.3) is 10.0 Å². The van der Waals surface area contributed by atoms with Gasteiger partial charge in [-0.25, -0.2) is 4.98 Å². The van der Waals surface area contributed by atoms with E-state index in [1.807, 2.05) is 0 Å². The van der Waals surface area contributed by atoms with Gasteiger partial charge < -0.3 is 10.3 Å². The monoisotopic (exact) mass is 388 g/mol. The topological polar surface area (TPSA) is 90.0 Å². The molecule has 0 aliphatic rings. The number of imidazole rings is 1. The molecular weight excluding hydrogens is 376 g/mol. The molecule has 112 valence electrons. The lowest BCUT2D eigenvalue weighted by Crippen LogP contribution is -2.14. The fraction of sp³-hybridized carbons (Fsp3) is 0.167. The van der Waals surface area contributed by atoms with Crippen molar-refractivity contribution < 1.29 is 8.42 Å². The third-order valence-electron chi connectivity index (χ3n) is 2.86. The summed E-state index contributed by atoms with van der Waals surface area (Å²) >= 11 is 8.17. The van der Waals surface area contributed by atoms with Crippen molar-refractivity contribution >= 4 is 48.8 Å². The van der Waals surface area contributed by atoms with E-state index < -0.39 is 10.0 Å². The second-order valence-electron chi connectivity index (χ2n) is 4.40. The van der Waals surface area contributed by atoms with Gasteiger partial charge in [0.2, 0.25) is 0 Å². The van der Waals surface area contributed by atoms with E-state index >= 15 is 0 Å². The molecule has 21 heavy (non-hydrogen) atoms. The van der Waals surface area contributed by atoms with Crippen LogP contribution in [0, 0.1) is 6.92 Å². The summed E-state index contributed by atoms with van der Waals surface area (Å²) in [6.45, 7) is 1.73. The SMILES string of the molecule is Cc1nc(S(=O)(=O)Nc2ccc(C(N)=S)cc2Br)cn1C. The molecule has 3 N–H and O–H groups in total. The zero-order valence-electron chi connectivity index (χ0n) is 11.3. The van der Waals surface area contributed by atoms with Gasteiger partial charge in [-0.1, -0.05) is 12.2 Å². The van der Waals surface area contributed by atoms with Gasteiger partial charge in [0.1, 0.15) is 10.8 Å². The standard InChI is InChI=1S/C12H13BrN4O2S2/c1-7-15-11(6-17(7)2)21(18,19)16-10-4-3-8(12(14)20)5-9(10)13/h3-6,16H,1-2H3,(H2,14,20). The van der Waals surface area contributed by atoms with Crippen molar-refractivity contribution in [2.75, 3.05) is 4.72 Å². The quantitative estimate of drug-likeness (QED) is 0.780. The lowest BCUT2D eigenvalue weighted by molar-refractivity contribution is 0.598. The molecule has 0 fully saturated rings.